The minimum Gasteiger partial charge on any atom is -0.340 e. The number of aromatic nitrogens is 2. The molecule has 0 unspecified atom stereocenters. The van der Waals surface area contributed by atoms with Crippen LogP contribution in [0.3, 0.4) is 0 Å². The minimum absolute atomic E-state index is 0.563. The summed E-state index contributed by atoms with van der Waals surface area (Å²) in [6.07, 6.45) is 1.74. The SMILES string of the molecule is Cc1ccc(Nc2ccnc(Nc3ccc(Br)cc3C)n2)cc1. The molecule has 0 bridgehead atoms. The number of aryl methyl sites for hydroxylation is 2. The lowest BCUT2D eigenvalue weighted by molar-refractivity contribution is 1.16. The van der Waals surface area contributed by atoms with Crippen molar-refractivity contribution in [3.8, 4) is 0 Å². The van der Waals surface area contributed by atoms with Crippen molar-refractivity contribution in [3.05, 3.63) is 70.3 Å². The standard InChI is InChI=1S/C18H17BrN4/c1-12-3-6-15(7-4-12)21-17-9-10-20-18(23-17)22-16-8-5-14(19)11-13(16)2/h3-11H,1-2H3,(H2,20,21,22,23). The molecule has 5 heteroatoms. The van der Waals surface area contributed by atoms with E-state index in [4.69, 9.17) is 0 Å². The molecule has 0 aliphatic heterocycles. The van der Waals surface area contributed by atoms with Crippen LogP contribution < -0.4 is 10.6 Å². The zero-order valence-corrected chi connectivity index (χ0v) is 14.6. The van der Waals surface area contributed by atoms with Gasteiger partial charge in [0.1, 0.15) is 5.82 Å². The second kappa shape index (κ2) is 6.79. The number of halogens is 1. The predicted molar refractivity (Wildman–Crippen MR) is 98.7 cm³/mol. The van der Waals surface area contributed by atoms with Gasteiger partial charge in [0.2, 0.25) is 5.95 Å². The van der Waals surface area contributed by atoms with Crippen LogP contribution in [0.5, 0.6) is 0 Å². The van der Waals surface area contributed by atoms with E-state index in [0.717, 1.165) is 27.2 Å². The summed E-state index contributed by atoms with van der Waals surface area (Å²) in [7, 11) is 0. The van der Waals surface area contributed by atoms with E-state index in [1.807, 2.05) is 37.3 Å². The average molecular weight is 369 g/mol. The number of nitrogens with zero attached hydrogens (tertiary/aromatic N) is 2. The number of nitrogens with one attached hydrogen (secondary N) is 2. The first kappa shape index (κ1) is 15.5. The Morgan fingerprint density at radius 2 is 1.70 bits per heavy atom. The second-order valence-corrected chi connectivity index (χ2v) is 6.26. The van der Waals surface area contributed by atoms with Crippen LogP contribution in [-0.4, -0.2) is 9.97 Å². The molecule has 0 amide bonds. The van der Waals surface area contributed by atoms with Gasteiger partial charge >= 0.3 is 0 Å². The van der Waals surface area contributed by atoms with Gasteiger partial charge in [0.05, 0.1) is 0 Å². The summed E-state index contributed by atoms with van der Waals surface area (Å²) in [5, 5.41) is 6.53. The van der Waals surface area contributed by atoms with Crippen LogP contribution in [0.2, 0.25) is 0 Å². The van der Waals surface area contributed by atoms with E-state index in [0.29, 0.717) is 5.95 Å². The van der Waals surface area contributed by atoms with Gasteiger partial charge in [-0.05, 0) is 55.8 Å². The average Bonchev–Trinajstić information content (AvgIpc) is 2.53. The van der Waals surface area contributed by atoms with E-state index in [-0.39, 0.29) is 0 Å². The first-order chi connectivity index (χ1) is 11.1. The number of rotatable bonds is 4. The molecule has 1 aromatic heterocycles. The summed E-state index contributed by atoms with van der Waals surface area (Å²) in [5.74, 6) is 1.31. The summed E-state index contributed by atoms with van der Waals surface area (Å²) >= 11 is 3.47. The Labute approximate surface area is 144 Å². The molecule has 4 nitrogen and oxygen atoms in total. The number of anilines is 4. The Morgan fingerprint density at radius 3 is 2.43 bits per heavy atom. The molecule has 0 aliphatic carbocycles. The molecule has 116 valence electrons. The molecular weight excluding hydrogens is 352 g/mol. The van der Waals surface area contributed by atoms with Crippen LogP contribution in [0.25, 0.3) is 0 Å². The summed E-state index contributed by atoms with van der Waals surface area (Å²) in [5.41, 5.74) is 4.34. The molecule has 2 N–H and O–H groups in total. The molecule has 3 rings (SSSR count). The first-order valence-corrected chi connectivity index (χ1v) is 8.09. The zero-order valence-electron chi connectivity index (χ0n) is 13.0. The van der Waals surface area contributed by atoms with Crippen molar-refractivity contribution in [2.75, 3.05) is 10.6 Å². The van der Waals surface area contributed by atoms with Gasteiger partial charge in [-0.2, -0.15) is 4.98 Å². The largest absolute Gasteiger partial charge is 0.340 e. The van der Waals surface area contributed by atoms with Crippen molar-refractivity contribution in [3.63, 3.8) is 0 Å². The van der Waals surface area contributed by atoms with E-state index < -0.39 is 0 Å². The van der Waals surface area contributed by atoms with Gasteiger partial charge in [0.15, 0.2) is 0 Å². The molecule has 0 radical (unpaired) electrons. The van der Waals surface area contributed by atoms with Crippen molar-refractivity contribution in [1.82, 2.24) is 9.97 Å². The zero-order chi connectivity index (χ0) is 16.2. The van der Waals surface area contributed by atoms with Crippen molar-refractivity contribution in [1.29, 1.82) is 0 Å². The smallest absolute Gasteiger partial charge is 0.229 e. The Bertz CT molecular complexity index is 816. The Balaban J connectivity index is 1.78. The Kier molecular flexibility index (Phi) is 4.57. The lowest BCUT2D eigenvalue weighted by Gasteiger charge is -2.10. The van der Waals surface area contributed by atoms with Crippen LogP contribution in [0.1, 0.15) is 11.1 Å². The fourth-order valence-corrected chi connectivity index (χ4v) is 2.64. The molecule has 0 saturated heterocycles. The number of hydrogen-bond acceptors (Lipinski definition) is 4. The van der Waals surface area contributed by atoms with Crippen LogP contribution in [0, 0.1) is 13.8 Å². The van der Waals surface area contributed by atoms with E-state index in [1.165, 1.54) is 5.56 Å². The van der Waals surface area contributed by atoms with Crippen molar-refractivity contribution >= 4 is 39.1 Å². The van der Waals surface area contributed by atoms with E-state index in [9.17, 15) is 0 Å². The normalized spacial score (nSPS) is 10.4. The highest BCUT2D eigenvalue weighted by atomic mass is 79.9. The van der Waals surface area contributed by atoms with Crippen molar-refractivity contribution < 1.29 is 0 Å². The maximum atomic E-state index is 4.50. The highest BCUT2D eigenvalue weighted by Gasteiger charge is 2.03. The molecular formula is C18H17BrN4. The van der Waals surface area contributed by atoms with Crippen LogP contribution >= 0.6 is 15.9 Å². The summed E-state index contributed by atoms with van der Waals surface area (Å²) in [6, 6.07) is 16.1. The van der Waals surface area contributed by atoms with E-state index in [2.05, 4.69) is 61.7 Å². The summed E-state index contributed by atoms with van der Waals surface area (Å²) < 4.78 is 1.05. The lowest BCUT2D eigenvalue weighted by atomic mass is 10.2. The molecule has 1 heterocycles. The van der Waals surface area contributed by atoms with E-state index >= 15 is 0 Å². The molecule has 23 heavy (non-hydrogen) atoms. The van der Waals surface area contributed by atoms with Gasteiger partial charge in [-0.1, -0.05) is 33.6 Å². The monoisotopic (exact) mass is 368 g/mol. The molecule has 2 aromatic carbocycles. The second-order valence-electron chi connectivity index (χ2n) is 5.34. The Hall–Kier alpha value is -2.40. The van der Waals surface area contributed by atoms with Gasteiger partial charge in [0, 0.05) is 22.0 Å². The fourth-order valence-electron chi connectivity index (χ4n) is 2.16. The quantitative estimate of drug-likeness (QED) is 0.652. The maximum Gasteiger partial charge on any atom is 0.229 e. The number of benzene rings is 2. The van der Waals surface area contributed by atoms with Gasteiger partial charge in [-0.25, -0.2) is 4.98 Å². The van der Waals surface area contributed by atoms with Gasteiger partial charge in [-0.3, -0.25) is 0 Å². The molecule has 0 spiro atoms. The molecule has 0 aliphatic rings. The highest BCUT2D eigenvalue weighted by molar-refractivity contribution is 9.10. The fraction of sp³-hybridized carbons (Fsp3) is 0.111. The Morgan fingerprint density at radius 1 is 0.913 bits per heavy atom. The van der Waals surface area contributed by atoms with Crippen LogP contribution in [0.4, 0.5) is 23.1 Å². The molecule has 0 fully saturated rings. The van der Waals surface area contributed by atoms with Gasteiger partial charge < -0.3 is 10.6 Å². The van der Waals surface area contributed by atoms with Gasteiger partial charge in [0.25, 0.3) is 0 Å². The molecule has 0 atom stereocenters. The summed E-state index contributed by atoms with van der Waals surface area (Å²) in [6.45, 7) is 4.11. The highest BCUT2D eigenvalue weighted by Crippen LogP contribution is 2.23. The first-order valence-electron chi connectivity index (χ1n) is 7.30. The third-order valence-corrected chi connectivity index (χ3v) is 3.91. The van der Waals surface area contributed by atoms with E-state index in [1.54, 1.807) is 6.20 Å². The topological polar surface area (TPSA) is 49.8 Å². The van der Waals surface area contributed by atoms with Crippen molar-refractivity contribution in [2.24, 2.45) is 0 Å². The van der Waals surface area contributed by atoms with Crippen LogP contribution in [-0.2, 0) is 0 Å². The van der Waals surface area contributed by atoms with Crippen molar-refractivity contribution in [2.45, 2.75) is 13.8 Å². The molecule has 3 aromatic rings. The maximum absolute atomic E-state index is 4.50. The van der Waals surface area contributed by atoms with Crippen LogP contribution in [0.15, 0.2) is 59.2 Å². The minimum atomic E-state index is 0.563. The number of hydrogen-bond donors (Lipinski definition) is 2. The lowest BCUT2D eigenvalue weighted by Crippen LogP contribution is -2.01. The third-order valence-electron chi connectivity index (χ3n) is 3.41. The summed E-state index contributed by atoms with van der Waals surface area (Å²) in [4.78, 5) is 8.78. The molecule has 0 saturated carbocycles. The van der Waals surface area contributed by atoms with Gasteiger partial charge in [-0.15, -0.1) is 0 Å². The third kappa shape index (κ3) is 4.07. The predicted octanol–water partition coefficient (Wildman–Crippen LogP) is 5.34.